The number of nitrogens with one attached hydrogen (secondary N) is 1. The van der Waals surface area contributed by atoms with Crippen LogP contribution in [0.25, 0.3) is 0 Å². The maximum absolute atomic E-state index is 11.7. The van der Waals surface area contributed by atoms with Gasteiger partial charge in [-0.3, -0.25) is 5.32 Å². The first-order valence-corrected chi connectivity index (χ1v) is 4.31. The van der Waals surface area contributed by atoms with Crippen LogP contribution in [0, 0.1) is 6.92 Å². The SMILES string of the molecule is Cc1cccc(NC(=O)OCC(F)(F)F)n1. The zero-order valence-electron chi connectivity index (χ0n) is 8.34. The summed E-state index contributed by atoms with van der Waals surface area (Å²) in [6.45, 7) is 0.0663. The molecule has 0 aliphatic heterocycles. The van der Waals surface area contributed by atoms with Crippen LogP contribution in [-0.4, -0.2) is 23.9 Å². The molecule has 88 valence electrons. The predicted molar refractivity (Wildman–Crippen MR) is 50.0 cm³/mol. The summed E-state index contributed by atoms with van der Waals surface area (Å²) in [5.41, 5.74) is 0.633. The molecule has 0 fully saturated rings. The standard InChI is InChI=1S/C9H9F3N2O2/c1-6-3-2-4-7(13-6)14-8(15)16-5-9(10,11)12/h2-4H,5H2,1H3,(H,13,14,15). The Morgan fingerprint density at radius 3 is 2.75 bits per heavy atom. The molecule has 0 aliphatic rings. The van der Waals surface area contributed by atoms with Crippen molar-refractivity contribution in [3.05, 3.63) is 23.9 Å². The van der Waals surface area contributed by atoms with Crippen molar-refractivity contribution in [1.82, 2.24) is 4.98 Å². The maximum Gasteiger partial charge on any atom is 0.422 e. The van der Waals surface area contributed by atoms with Crippen LogP contribution in [-0.2, 0) is 4.74 Å². The molecule has 0 aromatic carbocycles. The summed E-state index contributed by atoms with van der Waals surface area (Å²) < 4.78 is 39.0. The molecule has 4 nitrogen and oxygen atoms in total. The van der Waals surface area contributed by atoms with E-state index in [9.17, 15) is 18.0 Å². The molecule has 1 aromatic heterocycles. The number of anilines is 1. The van der Waals surface area contributed by atoms with E-state index in [1.165, 1.54) is 6.07 Å². The highest BCUT2D eigenvalue weighted by Gasteiger charge is 2.29. The average Bonchev–Trinajstić information content (AvgIpc) is 2.14. The second-order valence-corrected chi connectivity index (χ2v) is 2.98. The Balaban J connectivity index is 2.46. The molecule has 0 saturated heterocycles. The Morgan fingerprint density at radius 1 is 1.50 bits per heavy atom. The fraction of sp³-hybridized carbons (Fsp3) is 0.333. The monoisotopic (exact) mass is 234 g/mol. The second-order valence-electron chi connectivity index (χ2n) is 2.98. The highest BCUT2D eigenvalue weighted by Crippen LogP contribution is 2.14. The van der Waals surface area contributed by atoms with Gasteiger partial charge >= 0.3 is 12.3 Å². The zero-order valence-corrected chi connectivity index (χ0v) is 8.34. The van der Waals surface area contributed by atoms with E-state index in [0.717, 1.165) is 0 Å². The van der Waals surface area contributed by atoms with Gasteiger partial charge in [0.15, 0.2) is 6.61 Å². The van der Waals surface area contributed by atoms with Crippen LogP contribution < -0.4 is 5.32 Å². The van der Waals surface area contributed by atoms with Gasteiger partial charge in [-0.1, -0.05) is 6.07 Å². The number of nitrogens with zero attached hydrogens (tertiary/aromatic N) is 1. The van der Waals surface area contributed by atoms with Crippen LogP contribution in [0.15, 0.2) is 18.2 Å². The Morgan fingerprint density at radius 2 is 2.19 bits per heavy atom. The van der Waals surface area contributed by atoms with Crippen molar-refractivity contribution >= 4 is 11.9 Å². The maximum atomic E-state index is 11.7. The minimum Gasteiger partial charge on any atom is -0.440 e. The van der Waals surface area contributed by atoms with Crippen molar-refractivity contribution in [3.8, 4) is 0 Å². The Labute approximate surface area is 89.4 Å². The van der Waals surface area contributed by atoms with Crippen LogP contribution in [0.2, 0.25) is 0 Å². The van der Waals surface area contributed by atoms with Crippen molar-refractivity contribution in [2.75, 3.05) is 11.9 Å². The lowest BCUT2D eigenvalue weighted by atomic mass is 10.4. The topological polar surface area (TPSA) is 51.2 Å². The lowest BCUT2D eigenvalue weighted by Gasteiger charge is -2.08. The van der Waals surface area contributed by atoms with E-state index >= 15 is 0 Å². The molecule has 0 spiro atoms. The Hall–Kier alpha value is -1.79. The van der Waals surface area contributed by atoms with Gasteiger partial charge in [-0.2, -0.15) is 13.2 Å². The van der Waals surface area contributed by atoms with Gasteiger partial charge in [-0.05, 0) is 19.1 Å². The quantitative estimate of drug-likeness (QED) is 0.855. The van der Waals surface area contributed by atoms with Crippen molar-refractivity contribution < 1.29 is 22.7 Å². The molecule has 1 aromatic rings. The van der Waals surface area contributed by atoms with Crippen molar-refractivity contribution in [1.29, 1.82) is 0 Å². The Kier molecular flexibility index (Phi) is 3.70. The number of carbonyl (C=O) groups is 1. The summed E-state index contributed by atoms with van der Waals surface area (Å²) >= 11 is 0. The molecular formula is C9H9F3N2O2. The number of hydrogen-bond acceptors (Lipinski definition) is 3. The molecule has 0 bridgehead atoms. The molecule has 1 N–H and O–H groups in total. The summed E-state index contributed by atoms with van der Waals surface area (Å²) in [7, 11) is 0. The van der Waals surface area contributed by atoms with E-state index in [1.807, 2.05) is 0 Å². The van der Waals surface area contributed by atoms with Gasteiger partial charge in [0.25, 0.3) is 0 Å². The number of alkyl halides is 3. The molecule has 0 aliphatic carbocycles. The van der Waals surface area contributed by atoms with Gasteiger partial charge in [-0.15, -0.1) is 0 Å². The smallest absolute Gasteiger partial charge is 0.422 e. The number of pyridine rings is 1. The number of amides is 1. The molecule has 7 heteroatoms. The van der Waals surface area contributed by atoms with Crippen molar-refractivity contribution in [3.63, 3.8) is 0 Å². The van der Waals surface area contributed by atoms with E-state index in [1.54, 1.807) is 19.1 Å². The number of ether oxygens (including phenoxy) is 1. The number of hydrogen-bond donors (Lipinski definition) is 1. The molecule has 0 radical (unpaired) electrons. The van der Waals surface area contributed by atoms with Crippen molar-refractivity contribution in [2.45, 2.75) is 13.1 Å². The molecular weight excluding hydrogens is 225 g/mol. The van der Waals surface area contributed by atoms with E-state index in [2.05, 4.69) is 15.0 Å². The number of aromatic nitrogens is 1. The molecule has 1 amide bonds. The summed E-state index contributed by atoms with van der Waals surface area (Å²) in [4.78, 5) is 14.8. The fourth-order valence-corrected chi connectivity index (χ4v) is 0.901. The summed E-state index contributed by atoms with van der Waals surface area (Å²) in [5.74, 6) is 0.146. The first kappa shape index (κ1) is 12.3. The summed E-state index contributed by atoms with van der Waals surface area (Å²) in [5, 5.41) is 2.08. The molecule has 0 saturated carbocycles. The van der Waals surface area contributed by atoms with Gasteiger partial charge in [0, 0.05) is 5.69 Å². The summed E-state index contributed by atoms with van der Waals surface area (Å²) in [6, 6.07) is 4.75. The Bertz CT molecular complexity index is 379. The van der Waals surface area contributed by atoms with Gasteiger partial charge in [0.05, 0.1) is 0 Å². The third kappa shape index (κ3) is 4.63. The minimum absolute atomic E-state index is 0.146. The number of rotatable bonds is 2. The lowest BCUT2D eigenvalue weighted by Crippen LogP contribution is -2.23. The van der Waals surface area contributed by atoms with Gasteiger partial charge in [-0.25, -0.2) is 9.78 Å². The summed E-state index contributed by atoms with van der Waals surface area (Å²) in [6.07, 6.45) is -5.72. The molecule has 0 unspecified atom stereocenters. The van der Waals surface area contributed by atoms with E-state index in [4.69, 9.17) is 0 Å². The third-order valence-electron chi connectivity index (χ3n) is 1.49. The first-order chi connectivity index (χ1) is 7.37. The highest BCUT2D eigenvalue weighted by molar-refractivity contribution is 5.83. The van der Waals surface area contributed by atoms with E-state index in [-0.39, 0.29) is 5.82 Å². The largest absolute Gasteiger partial charge is 0.440 e. The van der Waals surface area contributed by atoms with Gasteiger partial charge < -0.3 is 4.74 Å². The fourth-order valence-electron chi connectivity index (χ4n) is 0.901. The normalized spacial score (nSPS) is 11.0. The first-order valence-electron chi connectivity index (χ1n) is 4.31. The van der Waals surface area contributed by atoms with Crippen LogP contribution in [0.1, 0.15) is 5.69 Å². The van der Waals surface area contributed by atoms with Crippen LogP contribution in [0.3, 0.4) is 0 Å². The number of halogens is 3. The van der Waals surface area contributed by atoms with Crippen molar-refractivity contribution in [2.24, 2.45) is 0 Å². The number of carbonyl (C=O) groups excluding carboxylic acids is 1. The average molecular weight is 234 g/mol. The van der Waals surface area contributed by atoms with Crippen LogP contribution in [0.5, 0.6) is 0 Å². The third-order valence-corrected chi connectivity index (χ3v) is 1.49. The highest BCUT2D eigenvalue weighted by atomic mass is 19.4. The molecule has 1 rings (SSSR count). The van der Waals surface area contributed by atoms with E-state index < -0.39 is 18.9 Å². The van der Waals surface area contributed by atoms with Crippen LogP contribution in [0.4, 0.5) is 23.8 Å². The zero-order chi connectivity index (χ0) is 12.2. The number of aryl methyl sites for hydroxylation is 1. The van der Waals surface area contributed by atoms with E-state index in [0.29, 0.717) is 5.69 Å². The molecule has 16 heavy (non-hydrogen) atoms. The van der Waals surface area contributed by atoms with Gasteiger partial charge in [0.1, 0.15) is 5.82 Å². The minimum atomic E-state index is -4.53. The predicted octanol–water partition coefficient (Wildman–Crippen LogP) is 2.50. The molecule has 1 heterocycles. The lowest BCUT2D eigenvalue weighted by molar-refractivity contribution is -0.159. The second kappa shape index (κ2) is 4.82. The molecule has 0 atom stereocenters. The van der Waals surface area contributed by atoms with Gasteiger partial charge in [0.2, 0.25) is 0 Å². The van der Waals surface area contributed by atoms with Crippen LogP contribution >= 0.6 is 0 Å².